The van der Waals surface area contributed by atoms with Crippen LogP contribution in [-0.2, 0) is 19.9 Å². The van der Waals surface area contributed by atoms with Gasteiger partial charge in [0, 0.05) is 12.6 Å². The molecule has 1 saturated heterocycles. The SMILES string of the molecule is CCCOc1ccc(S(=O)(=O)N2CCCC2CS(=O)(=O)c2ccccc2)cc1C. The third-order valence-corrected chi connectivity index (χ3v) is 8.81. The highest BCUT2D eigenvalue weighted by Gasteiger charge is 2.38. The normalized spacial score (nSPS) is 18.1. The highest BCUT2D eigenvalue weighted by atomic mass is 32.2. The van der Waals surface area contributed by atoms with Crippen molar-refractivity contribution in [3.05, 3.63) is 54.1 Å². The summed E-state index contributed by atoms with van der Waals surface area (Å²) in [5.74, 6) is 0.447. The van der Waals surface area contributed by atoms with Gasteiger partial charge in [-0.05, 0) is 62.1 Å². The van der Waals surface area contributed by atoms with Gasteiger partial charge in [0.2, 0.25) is 10.0 Å². The van der Waals surface area contributed by atoms with Gasteiger partial charge in [0.05, 0.1) is 22.2 Å². The van der Waals surface area contributed by atoms with Gasteiger partial charge in [0.1, 0.15) is 5.75 Å². The van der Waals surface area contributed by atoms with Crippen LogP contribution in [0.15, 0.2) is 58.3 Å². The summed E-state index contributed by atoms with van der Waals surface area (Å²) in [5.41, 5.74) is 0.743. The zero-order valence-electron chi connectivity index (χ0n) is 16.7. The van der Waals surface area contributed by atoms with Crippen LogP contribution in [0, 0.1) is 6.92 Å². The maximum absolute atomic E-state index is 13.2. The molecule has 6 nitrogen and oxygen atoms in total. The van der Waals surface area contributed by atoms with Crippen LogP contribution in [0.1, 0.15) is 31.7 Å². The first-order valence-electron chi connectivity index (χ1n) is 9.79. The summed E-state index contributed by atoms with van der Waals surface area (Å²) in [6.07, 6.45) is 2.04. The van der Waals surface area contributed by atoms with Gasteiger partial charge in [-0.1, -0.05) is 25.1 Å². The monoisotopic (exact) mass is 437 g/mol. The van der Waals surface area contributed by atoms with E-state index in [4.69, 9.17) is 4.74 Å². The van der Waals surface area contributed by atoms with E-state index in [1.165, 1.54) is 10.4 Å². The number of sulfone groups is 1. The van der Waals surface area contributed by atoms with Crippen molar-refractivity contribution < 1.29 is 21.6 Å². The first-order valence-corrected chi connectivity index (χ1v) is 12.9. The number of hydrogen-bond acceptors (Lipinski definition) is 5. The van der Waals surface area contributed by atoms with Crippen LogP contribution in [0.25, 0.3) is 0 Å². The van der Waals surface area contributed by atoms with E-state index in [0.29, 0.717) is 31.7 Å². The molecule has 29 heavy (non-hydrogen) atoms. The van der Waals surface area contributed by atoms with Crippen LogP contribution < -0.4 is 4.74 Å². The molecule has 0 saturated carbocycles. The summed E-state index contributed by atoms with van der Waals surface area (Å²) in [6, 6.07) is 12.4. The third-order valence-electron chi connectivity index (χ3n) is 5.05. The van der Waals surface area contributed by atoms with E-state index in [1.807, 2.05) is 13.8 Å². The summed E-state index contributed by atoms with van der Waals surface area (Å²) in [4.78, 5) is 0.389. The molecule has 0 N–H and O–H groups in total. The summed E-state index contributed by atoms with van der Waals surface area (Å²) < 4.78 is 59.0. The average molecular weight is 438 g/mol. The second kappa shape index (κ2) is 8.85. The van der Waals surface area contributed by atoms with Crippen molar-refractivity contribution in [2.75, 3.05) is 18.9 Å². The second-order valence-corrected chi connectivity index (χ2v) is 11.2. The van der Waals surface area contributed by atoms with Crippen LogP contribution in [0.5, 0.6) is 5.75 Å². The van der Waals surface area contributed by atoms with Crippen LogP contribution in [0.2, 0.25) is 0 Å². The first kappa shape index (κ1) is 21.8. The number of sulfonamides is 1. The van der Waals surface area contributed by atoms with E-state index < -0.39 is 25.9 Å². The van der Waals surface area contributed by atoms with Crippen LogP contribution >= 0.6 is 0 Å². The average Bonchev–Trinajstić information content (AvgIpc) is 3.16. The fraction of sp³-hybridized carbons (Fsp3) is 0.429. The number of hydrogen-bond donors (Lipinski definition) is 0. The number of nitrogens with zero attached hydrogens (tertiary/aromatic N) is 1. The molecule has 0 bridgehead atoms. The van der Waals surface area contributed by atoms with Gasteiger partial charge in [-0.25, -0.2) is 16.8 Å². The number of aryl methyl sites for hydroxylation is 1. The molecule has 1 heterocycles. The van der Waals surface area contributed by atoms with E-state index in [1.54, 1.807) is 42.5 Å². The van der Waals surface area contributed by atoms with Gasteiger partial charge >= 0.3 is 0 Å². The Morgan fingerprint density at radius 3 is 2.41 bits per heavy atom. The largest absolute Gasteiger partial charge is 0.493 e. The van der Waals surface area contributed by atoms with E-state index >= 15 is 0 Å². The predicted octanol–water partition coefficient (Wildman–Crippen LogP) is 3.41. The van der Waals surface area contributed by atoms with Gasteiger partial charge in [-0.2, -0.15) is 4.31 Å². The Hall–Kier alpha value is -1.90. The van der Waals surface area contributed by atoms with E-state index in [0.717, 1.165) is 12.0 Å². The minimum Gasteiger partial charge on any atom is -0.493 e. The molecular weight excluding hydrogens is 410 g/mol. The van der Waals surface area contributed by atoms with Crippen molar-refractivity contribution in [1.29, 1.82) is 0 Å². The molecule has 3 rings (SSSR count). The molecule has 8 heteroatoms. The molecule has 1 aliphatic heterocycles. The Labute approximate surface area is 173 Å². The minimum atomic E-state index is -3.79. The van der Waals surface area contributed by atoms with Crippen molar-refractivity contribution in [3.63, 3.8) is 0 Å². The first-order chi connectivity index (χ1) is 13.8. The molecule has 158 valence electrons. The molecule has 1 fully saturated rings. The van der Waals surface area contributed by atoms with Crippen LogP contribution in [-0.4, -0.2) is 46.1 Å². The van der Waals surface area contributed by atoms with Crippen molar-refractivity contribution in [2.45, 2.75) is 48.9 Å². The lowest BCUT2D eigenvalue weighted by Crippen LogP contribution is -2.39. The standard InChI is InChI=1S/C21H27NO5S2/c1-3-14-27-21-12-11-20(15-17(21)2)29(25,26)22-13-7-8-18(22)16-28(23,24)19-9-5-4-6-10-19/h4-6,9-12,15,18H,3,7-8,13-14,16H2,1-2H3. The molecule has 0 amide bonds. The molecule has 0 aromatic heterocycles. The van der Waals surface area contributed by atoms with Gasteiger partial charge in [0.15, 0.2) is 9.84 Å². The molecule has 0 aliphatic carbocycles. The Kier molecular flexibility index (Phi) is 6.65. The fourth-order valence-corrected chi connectivity index (χ4v) is 7.05. The van der Waals surface area contributed by atoms with E-state index in [9.17, 15) is 16.8 Å². The van der Waals surface area contributed by atoms with E-state index in [-0.39, 0.29) is 15.5 Å². The number of benzene rings is 2. The maximum atomic E-state index is 13.2. The smallest absolute Gasteiger partial charge is 0.243 e. The van der Waals surface area contributed by atoms with Gasteiger partial charge < -0.3 is 4.74 Å². The summed E-state index contributed by atoms with van der Waals surface area (Å²) in [7, 11) is -7.36. The third kappa shape index (κ3) is 4.82. The summed E-state index contributed by atoms with van der Waals surface area (Å²) >= 11 is 0. The lowest BCUT2D eigenvalue weighted by molar-refractivity contribution is 0.315. The predicted molar refractivity (Wildman–Crippen MR) is 112 cm³/mol. The highest BCUT2D eigenvalue weighted by Crippen LogP contribution is 2.30. The van der Waals surface area contributed by atoms with Crippen LogP contribution in [0.4, 0.5) is 0 Å². The van der Waals surface area contributed by atoms with Gasteiger partial charge in [0.25, 0.3) is 0 Å². The van der Waals surface area contributed by atoms with Crippen molar-refractivity contribution in [3.8, 4) is 5.75 Å². The molecular formula is C21H27NO5S2. The lowest BCUT2D eigenvalue weighted by atomic mass is 10.2. The molecule has 2 aromatic carbocycles. The Morgan fingerprint density at radius 1 is 1.03 bits per heavy atom. The van der Waals surface area contributed by atoms with Crippen molar-refractivity contribution in [1.82, 2.24) is 4.31 Å². The number of rotatable bonds is 8. The van der Waals surface area contributed by atoms with Gasteiger partial charge in [-0.3, -0.25) is 0 Å². The molecule has 2 aromatic rings. The Morgan fingerprint density at radius 2 is 1.76 bits per heavy atom. The molecule has 1 atom stereocenters. The molecule has 0 radical (unpaired) electrons. The zero-order valence-corrected chi connectivity index (χ0v) is 18.4. The maximum Gasteiger partial charge on any atom is 0.243 e. The van der Waals surface area contributed by atoms with E-state index in [2.05, 4.69) is 0 Å². The second-order valence-electron chi connectivity index (χ2n) is 7.28. The van der Waals surface area contributed by atoms with Gasteiger partial charge in [-0.15, -0.1) is 0 Å². The quantitative estimate of drug-likeness (QED) is 0.632. The number of ether oxygens (including phenoxy) is 1. The topological polar surface area (TPSA) is 80.8 Å². The Bertz CT molecular complexity index is 1050. The van der Waals surface area contributed by atoms with Crippen molar-refractivity contribution in [2.24, 2.45) is 0 Å². The fourth-order valence-electron chi connectivity index (χ4n) is 3.56. The zero-order chi connectivity index (χ0) is 21.1. The Balaban J connectivity index is 1.84. The molecule has 1 unspecified atom stereocenters. The minimum absolute atomic E-state index is 0.169. The molecule has 1 aliphatic rings. The molecule has 0 spiro atoms. The summed E-state index contributed by atoms with van der Waals surface area (Å²) in [6.45, 7) is 4.71. The highest BCUT2D eigenvalue weighted by molar-refractivity contribution is 7.91. The van der Waals surface area contributed by atoms with Crippen LogP contribution in [0.3, 0.4) is 0 Å². The van der Waals surface area contributed by atoms with Crippen molar-refractivity contribution >= 4 is 19.9 Å². The summed E-state index contributed by atoms with van der Waals surface area (Å²) in [5, 5.41) is 0. The lowest BCUT2D eigenvalue weighted by Gasteiger charge is -2.24.